The highest BCUT2D eigenvalue weighted by atomic mass is 16.6. The molecule has 108 valence electrons. The van der Waals surface area contributed by atoms with E-state index in [-0.39, 0.29) is 10.6 Å². The third-order valence-electron chi connectivity index (χ3n) is 4.00. The zero-order valence-electron chi connectivity index (χ0n) is 12.0. The first kappa shape index (κ1) is 14.7. The highest BCUT2D eigenvalue weighted by molar-refractivity contribution is 5.60. The van der Waals surface area contributed by atoms with Gasteiger partial charge < -0.3 is 9.80 Å². The van der Waals surface area contributed by atoms with Gasteiger partial charge in [-0.2, -0.15) is 0 Å². The van der Waals surface area contributed by atoms with Crippen molar-refractivity contribution in [1.82, 2.24) is 0 Å². The lowest BCUT2D eigenvalue weighted by Gasteiger charge is -2.28. The number of nitrogens with one attached hydrogen (secondary N) is 2. The average Bonchev–Trinajstić information content (AvgIpc) is 2.48. The molecule has 0 aliphatic carbocycles. The lowest BCUT2D eigenvalue weighted by Crippen LogP contribution is -3.27. The molecule has 1 heterocycles. The molecule has 1 aliphatic rings. The molecule has 1 aliphatic heterocycles. The Bertz CT molecular complexity index is 480. The lowest BCUT2D eigenvalue weighted by atomic mass is 10.1. The molecular formula is C15H23N3O2+2. The second-order valence-corrected chi connectivity index (χ2v) is 5.28. The van der Waals surface area contributed by atoms with E-state index in [0.717, 1.165) is 6.54 Å². The number of piperazine rings is 1. The first-order valence-corrected chi connectivity index (χ1v) is 7.27. The zero-order chi connectivity index (χ0) is 14.4. The predicted molar refractivity (Wildman–Crippen MR) is 78.9 cm³/mol. The highest BCUT2D eigenvalue weighted by Gasteiger charge is 2.20. The van der Waals surface area contributed by atoms with E-state index in [4.69, 9.17) is 0 Å². The van der Waals surface area contributed by atoms with Crippen LogP contribution < -0.4 is 9.80 Å². The number of para-hydroxylation sites is 1. The van der Waals surface area contributed by atoms with E-state index in [1.807, 2.05) is 12.1 Å². The van der Waals surface area contributed by atoms with Gasteiger partial charge in [0.25, 0.3) is 5.69 Å². The van der Waals surface area contributed by atoms with Crippen LogP contribution in [0.5, 0.6) is 0 Å². The van der Waals surface area contributed by atoms with Crippen LogP contribution in [0.2, 0.25) is 0 Å². The first-order valence-electron chi connectivity index (χ1n) is 7.27. The van der Waals surface area contributed by atoms with Gasteiger partial charge in [0, 0.05) is 6.07 Å². The molecule has 0 saturated carbocycles. The zero-order valence-corrected chi connectivity index (χ0v) is 12.0. The number of nitro benzene ring substituents is 1. The Labute approximate surface area is 119 Å². The summed E-state index contributed by atoms with van der Waals surface area (Å²) in [5.41, 5.74) is 0.869. The Kier molecular flexibility index (Phi) is 5.26. The largest absolute Gasteiger partial charge is 0.326 e. The Hall–Kier alpha value is -1.72. The molecule has 0 radical (unpaired) electrons. The number of rotatable bonds is 5. The summed E-state index contributed by atoms with van der Waals surface area (Å²) in [5, 5.41) is 10.9. The Morgan fingerprint density at radius 1 is 1.20 bits per heavy atom. The Balaban J connectivity index is 1.90. The van der Waals surface area contributed by atoms with Crippen LogP contribution in [-0.4, -0.2) is 44.2 Å². The van der Waals surface area contributed by atoms with E-state index < -0.39 is 0 Å². The predicted octanol–water partition coefficient (Wildman–Crippen LogP) is -0.589. The molecule has 0 spiro atoms. The van der Waals surface area contributed by atoms with Crippen LogP contribution in [0.25, 0.3) is 6.08 Å². The van der Waals surface area contributed by atoms with Crippen molar-refractivity contribution in [1.29, 1.82) is 0 Å². The van der Waals surface area contributed by atoms with E-state index in [1.165, 1.54) is 32.7 Å². The van der Waals surface area contributed by atoms with Crippen molar-refractivity contribution < 1.29 is 14.7 Å². The van der Waals surface area contributed by atoms with Crippen molar-refractivity contribution in [2.24, 2.45) is 0 Å². The number of likely N-dealkylation sites (N-methyl/N-ethyl adjacent to an activating group) is 1. The minimum atomic E-state index is -0.324. The molecule has 2 N–H and O–H groups in total. The summed E-state index contributed by atoms with van der Waals surface area (Å²) in [4.78, 5) is 13.8. The van der Waals surface area contributed by atoms with Crippen LogP contribution in [0.3, 0.4) is 0 Å². The van der Waals surface area contributed by atoms with Crippen LogP contribution >= 0.6 is 0 Å². The molecule has 20 heavy (non-hydrogen) atoms. The molecule has 1 aromatic carbocycles. The third kappa shape index (κ3) is 3.88. The fraction of sp³-hybridized carbons (Fsp3) is 0.467. The number of nitrogens with zero attached hydrogens (tertiary/aromatic N) is 1. The molecule has 0 bridgehead atoms. The van der Waals surface area contributed by atoms with Gasteiger partial charge in [-0.15, -0.1) is 0 Å². The molecule has 1 fully saturated rings. The monoisotopic (exact) mass is 277 g/mol. The molecular weight excluding hydrogens is 254 g/mol. The molecule has 0 amide bonds. The summed E-state index contributed by atoms with van der Waals surface area (Å²) in [7, 11) is 0. The van der Waals surface area contributed by atoms with Gasteiger partial charge in [-0.3, -0.25) is 10.1 Å². The van der Waals surface area contributed by atoms with Gasteiger partial charge in [0.15, 0.2) is 0 Å². The van der Waals surface area contributed by atoms with Crippen LogP contribution in [0, 0.1) is 10.1 Å². The van der Waals surface area contributed by atoms with Crippen LogP contribution in [0.4, 0.5) is 5.69 Å². The number of quaternary nitrogens is 2. The van der Waals surface area contributed by atoms with Gasteiger partial charge in [-0.05, 0) is 25.1 Å². The molecule has 2 rings (SSSR count). The third-order valence-corrected chi connectivity index (χ3v) is 4.00. The molecule has 1 saturated heterocycles. The average molecular weight is 277 g/mol. The maximum atomic E-state index is 10.9. The number of hydrogen-bond donors (Lipinski definition) is 2. The van der Waals surface area contributed by atoms with Gasteiger partial charge in [0.2, 0.25) is 0 Å². The van der Waals surface area contributed by atoms with Crippen molar-refractivity contribution in [3.8, 4) is 0 Å². The normalized spacial score (nSPS) is 23.1. The van der Waals surface area contributed by atoms with Crippen LogP contribution in [0.1, 0.15) is 12.5 Å². The number of benzene rings is 1. The lowest BCUT2D eigenvalue weighted by molar-refractivity contribution is -1.01. The van der Waals surface area contributed by atoms with Crippen molar-refractivity contribution in [2.75, 3.05) is 39.3 Å². The first-order chi connectivity index (χ1) is 9.70. The molecule has 0 atom stereocenters. The topological polar surface area (TPSA) is 52.0 Å². The molecule has 5 heteroatoms. The van der Waals surface area contributed by atoms with Crippen LogP contribution in [-0.2, 0) is 0 Å². The second-order valence-electron chi connectivity index (χ2n) is 5.28. The fourth-order valence-corrected chi connectivity index (χ4v) is 2.66. The Morgan fingerprint density at radius 2 is 1.85 bits per heavy atom. The standard InChI is InChI=1S/C15H21N3O2/c1-2-16-10-12-17(13-11-16)9-5-7-14-6-3-4-8-15(14)18(19)20/h3-8H,2,9-13H2,1H3/p+2/b7-5+. The van der Waals surface area contributed by atoms with E-state index in [0.29, 0.717) is 5.56 Å². The summed E-state index contributed by atoms with van der Waals surface area (Å²) < 4.78 is 0. The van der Waals surface area contributed by atoms with E-state index in [1.54, 1.807) is 28.0 Å². The maximum Gasteiger partial charge on any atom is 0.276 e. The van der Waals surface area contributed by atoms with Crippen molar-refractivity contribution >= 4 is 11.8 Å². The van der Waals surface area contributed by atoms with Crippen LogP contribution in [0.15, 0.2) is 30.3 Å². The van der Waals surface area contributed by atoms with E-state index in [9.17, 15) is 10.1 Å². The molecule has 0 aromatic heterocycles. The number of hydrogen-bond acceptors (Lipinski definition) is 2. The van der Waals surface area contributed by atoms with E-state index in [2.05, 4.69) is 13.0 Å². The summed E-state index contributed by atoms with van der Waals surface area (Å²) in [6.45, 7) is 9.21. The maximum absolute atomic E-state index is 10.9. The van der Waals surface area contributed by atoms with Gasteiger partial charge in [-0.1, -0.05) is 12.1 Å². The van der Waals surface area contributed by atoms with Gasteiger partial charge in [-0.25, -0.2) is 0 Å². The van der Waals surface area contributed by atoms with Crippen molar-refractivity contribution in [2.45, 2.75) is 6.92 Å². The van der Waals surface area contributed by atoms with Gasteiger partial charge in [0.1, 0.15) is 26.2 Å². The minimum absolute atomic E-state index is 0.180. The van der Waals surface area contributed by atoms with E-state index >= 15 is 0 Å². The summed E-state index contributed by atoms with van der Waals surface area (Å²) >= 11 is 0. The van der Waals surface area contributed by atoms with Crippen molar-refractivity contribution in [3.05, 3.63) is 46.0 Å². The SMILES string of the molecule is CC[NH+]1CC[NH+](C/C=C/c2ccccc2[N+](=O)[O-])CC1. The number of nitro groups is 1. The molecule has 5 nitrogen and oxygen atoms in total. The molecule has 1 aromatic rings. The Morgan fingerprint density at radius 3 is 2.50 bits per heavy atom. The quantitative estimate of drug-likeness (QED) is 0.558. The summed E-state index contributed by atoms with van der Waals surface area (Å²) in [5.74, 6) is 0. The smallest absolute Gasteiger partial charge is 0.276 e. The highest BCUT2D eigenvalue weighted by Crippen LogP contribution is 2.18. The minimum Gasteiger partial charge on any atom is -0.326 e. The van der Waals surface area contributed by atoms with Gasteiger partial charge >= 0.3 is 0 Å². The summed E-state index contributed by atoms with van der Waals surface area (Å²) in [6, 6.07) is 6.88. The van der Waals surface area contributed by atoms with Crippen molar-refractivity contribution in [3.63, 3.8) is 0 Å². The summed E-state index contributed by atoms with van der Waals surface area (Å²) in [6.07, 6.45) is 3.94. The van der Waals surface area contributed by atoms with Gasteiger partial charge in [0.05, 0.1) is 23.6 Å². The second kappa shape index (κ2) is 7.17. The fourth-order valence-electron chi connectivity index (χ4n) is 2.66. The molecule has 0 unspecified atom stereocenters.